The van der Waals surface area contributed by atoms with Gasteiger partial charge in [-0.25, -0.2) is 0 Å². The Bertz CT molecular complexity index is 736. The van der Waals surface area contributed by atoms with Crippen molar-refractivity contribution in [2.45, 2.75) is 13.3 Å². The smallest absolute Gasteiger partial charge is 0.267 e. The summed E-state index contributed by atoms with van der Waals surface area (Å²) in [6, 6.07) is 15.4. The highest BCUT2D eigenvalue weighted by molar-refractivity contribution is 6.31. The first-order chi connectivity index (χ1) is 10.2. The van der Waals surface area contributed by atoms with Crippen LogP contribution in [0.1, 0.15) is 24.5 Å². The Kier molecular flexibility index (Phi) is 3.76. The van der Waals surface area contributed by atoms with Gasteiger partial charge < -0.3 is 0 Å². The number of hydrogen-bond donors (Lipinski definition) is 1. The van der Waals surface area contributed by atoms with Crippen LogP contribution in [-0.4, -0.2) is 27.9 Å². The van der Waals surface area contributed by atoms with Gasteiger partial charge in [-0.1, -0.05) is 36.7 Å². The number of benzene rings is 2. The van der Waals surface area contributed by atoms with Gasteiger partial charge in [0.1, 0.15) is 0 Å². The van der Waals surface area contributed by atoms with Crippen LogP contribution in [0.15, 0.2) is 53.5 Å². The van der Waals surface area contributed by atoms with Gasteiger partial charge in [0.2, 0.25) is 6.54 Å². The minimum atomic E-state index is 0.396. The van der Waals surface area contributed by atoms with E-state index in [2.05, 4.69) is 4.99 Å². The highest BCUT2D eigenvalue weighted by Crippen LogP contribution is 2.28. The highest BCUT2D eigenvalue weighted by Gasteiger charge is 2.27. The van der Waals surface area contributed by atoms with Gasteiger partial charge in [0.15, 0.2) is 0 Å². The summed E-state index contributed by atoms with van der Waals surface area (Å²) in [5.41, 5.74) is 4.30. The van der Waals surface area contributed by atoms with Crippen LogP contribution in [0, 0.1) is 0 Å². The summed E-state index contributed by atoms with van der Waals surface area (Å²) in [7, 11) is 0. The SMILES string of the molecule is CCC1=Nc2ccc(Cl)cc2C(c2ccccc2)=[N+](O)C1. The Hall–Kier alpha value is -2.13. The second-order valence-corrected chi connectivity index (χ2v) is 5.40. The number of hydrogen-bond acceptors (Lipinski definition) is 2. The molecule has 1 N–H and O–H groups in total. The number of hydroxylamine groups is 1. The number of aliphatic imine (C=N–C) groups is 1. The summed E-state index contributed by atoms with van der Waals surface area (Å²) in [6.07, 6.45) is 0.793. The molecule has 0 atom stereocenters. The largest absolute Gasteiger partial charge is 0.290 e. The molecule has 0 fully saturated rings. The molecule has 0 amide bonds. The molecule has 0 spiro atoms. The molecule has 0 aromatic heterocycles. The molecule has 0 aliphatic carbocycles. The van der Waals surface area contributed by atoms with E-state index in [-0.39, 0.29) is 0 Å². The van der Waals surface area contributed by atoms with E-state index in [0.29, 0.717) is 11.6 Å². The van der Waals surface area contributed by atoms with E-state index < -0.39 is 0 Å². The second kappa shape index (κ2) is 5.70. The summed E-state index contributed by atoms with van der Waals surface area (Å²) in [4.78, 5) is 4.66. The highest BCUT2D eigenvalue weighted by atomic mass is 35.5. The molecule has 106 valence electrons. The lowest BCUT2D eigenvalue weighted by Gasteiger charge is -2.05. The summed E-state index contributed by atoms with van der Waals surface area (Å²) in [5.74, 6) is 0. The van der Waals surface area contributed by atoms with Crippen molar-refractivity contribution in [3.8, 4) is 0 Å². The van der Waals surface area contributed by atoms with E-state index in [1.807, 2.05) is 55.5 Å². The molecule has 3 rings (SSSR count). The number of halogens is 1. The minimum absolute atomic E-state index is 0.396. The third kappa shape index (κ3) is 2.69. The van der Waals surface area contributed by atoms with Crippen molar-refractivity contribution in [2.75, 3.05) is 6.54 Å². The normalized spacial score (nSPS) is 14.5. The van der Waals surface area contributed by atoms with Crippen molar-refractivity contribution in [1.82, 2.24) is 0 Å². The van der Waals surface area contributed by atoms with E-state index in [1.165, 1.54) is 4.74 Å². The molecule has 0 radical (unpaired) electrons. The molecule has 0 saturated carbocycles. The lowest BCUT2D eigenvalue weighted by molar-refractivity contribution is -0.764. The van der Waals surface area contributed by atoms with Gasteiger partial charge in [0.25, 0.3) is 5.71 Å². The number of nitrogens with zero attached hydrogens (tertiary/aromatic N) is 2. The lowest BCUT2D eigenvalue weighted by Crippen LogP contribution is -2.24. The Morgan fingerprint density at radius 1 is 1.19 bits per heavy atom. The molecule has 21 heavy (non-hydrogen) atoms. The van der Waals surface area contributed by atoms with Gasteiger partial charge in [0.05, 0.1) is 22.5 Å². The molecule has 3 nitrogen and oxygen atoms in total. The van der Waals surface area contributed by atoms with Gasteiger partial charge in [-0.05, 0) is 41.5 Å². The van der Waals surface area contributed by atoms with Gasteiger partial charge >= 0.3 is 0 Å². The summed E-state index contributed by atoms with van der Waals surface area (Å²) < 4.78 is 1.26. The number of rotatable bonds is 2. The third-order valence-corrected chi connectivity index (χ3v) is 3.77. The van der Waals surface area contributed by atoms with E-state index in [1.54, 1.807) is 0 Å². The molecule has 0 bridgehead atoms. The monoisotopic (exact) mass is 299 g/mol. The van der Waals surface area contributed by atoms with Crippen LogP contribution in [0.5, 0.6) is 0 Å². The first-order valence-corrected chi connectivity index (χ1v) is 7.32. The van der Waals surface area contributed by atoms with E-state index in [0.717, 1.165) is 34.7 Å². The van der Waals surface area contributed by atoms with Crippen molar-refractivity contribution in [3.63, 3.8) is 0 Å². The van der Waals surface area contributed by atoms with E-state index in [9.17, 15) is 5.21 Å². The van der Waals surface area contributed by atoms with Gasteiger partial charge in [-0.2, -0.15) is 0 Å². The summed E-state index contributed by atoms with van der Waals surface area (Å²) in [5, 5.41) is 11.1. The maximum atomic E-state index is 10.5. The molecule has 2 aromatic carbocycles. The van der Waals surface area contributed by atoms with Crippen molar-refractivity contribution in [1.29, 1.82) is 0 Å². The Balaban J connectivity index is 2.27. The molecule has 1 heterocycles. The molecular weight excluding hydrogens is 284 g/mol. The zero-order chi connectivity index (χ0) is 14.8. The summed E-state index contributed by atoms with van der Waals surface area (Å²) >= 11 is 6.14. The molecule has 1 aliphatic heterocycles. The van der Waals surface area contributed by atoms with Crippen LogP contribution in [0.3, 0.4) is 0 Å². The maximum absolute atomic E-state index is 10.5. The van der Waals surface area contributed by atoms with Gasteiger partial charge in [0, 0.05) is 5.02 Å². The molecule has 4 heteroatoms. The van der Waals surface area contributed by atoms with E-state index >= 15 is 0 Å². The standard InChI is InChI=1S/C17H16ClN2O/c1-2-14-11-20(21)17(12-6-4-3-5-7-12)15-10-13(18)8-9-16(15)19-14/h3-10,21H,2,11H2,1H3/q+1. The second-order valence-electron chi connectivity index (χ2n) is 4.97. The lowest BCUT2D eigenvalue weighted by atomic mass is 10.0. The molecule has 0 unspecified atom stereocenters. The van der Waals surface area contributed by atoms with Crippen LogP contribution >= 0.6 is 11.6 Å². The zero-order valence-corrected chi connectivity index (χ0v) is 12.5. The Morgan fingerprint density at radius 3 is 2.67 bits per heavy atom. The molecule has 2 aromatic rings. The Morgan fingerprint density at radius 2 is 1.95 bits per heavy atom. The topological polar surface area (TPSA) is 35.6 Å². The minimum Gasteiger partial charge on any atom is -0.290 e. The van der Waals surface area contributed by atoms with E-state index in [4.69, 9.17) is 11.6 Å². The Labute approximate surface area is 128 Å². The maximum Gasteiger partial charge on any atom is 0.267 e. The van der Waals surface area contributed by atoms with Gasteiger partial charge in [-0.15, -0.1) is 0 Å². The van der Waals surface area contributed by atoms with Crippen molar-refractivity contribution in [2.24, 2.45) is 4.99 Å². The predicted octanol–water partition coefficient (Wildman–Crippen LogP) is 4.08. The van der Waals surface area contributed by atoms with Crippen molar-refractivity contribution >= 4 is 28.7 Å². The predicted molar refractivity (Wildman–Crippen MR) is 85.4 cm³/mol. The van der Waals surface area contributed by atoms with Crippen molar-refractivity contribution < 1.29 is 9.95 Å². The molecular formula is C17H16ClN2O+. The molecule has 1 aliphatic rings. The first kappa shape index (κ1) is 13.8. The average Bonchev–Trinajstić information content (AvgIpc) is 2.63. The fourth-order valence-electron chi connectivity index (χ4n) is 2.48. The van der Waals surface area contributed by atoms with Crippen molar-refractivity contribution in [3.05, 3.63) is 64.7 Å². The zero-order valence-electron chi connectivity index (χ0n) is 11.8. The quantitative estimate of drug-likeness (QED) is 0.658. The van der Waals surface area contributed by atoms with Crippen LogP contribution < -0.4 is 0 Å². The average molecular weight is 300 g/mol. The van der Waals surface area contributed by atoms with Crippen LogP contribution in [0.4, 0.5) is 5.69 Å². The number of fused-ring (bicyclic) bond motifs is 1. The first-order valence-electron chi connectivity index (χ1n) is 6.94. The fourth-order valence-corrected chi connectivity index (χ4v) is 2.66. The van der Waals surface area contributed by atoms with Gasteiger partial charge in [-0.3, -0.25) is 10.2 Å². The van der Waals surface area contributed by atoms with Crippen LogP contribution in [0.2, 0.25) is 5.02 Å². The summed E-state index contributed by atoms with van der Waals surface area (Å²) in [6.45, 7) is 2.43. The third-order valence-electron chi connectivity index (χ3n) is 3.54. The van der Waals surface area contributed by atoms with Crippen LogP contribution in [-0.2, 0) is 0 Å². The molecule has 0 saturated heterocycles. The van der Waals surface area contributed by atoms with Crippen LogP contribution in [0.25, 0.3) is 0 Å². The fraction of sp³-hybridized carbons (Fsp3) is 0.176.